The Labute approximate surface area is 137 Å². The molecule has 1 N–H and O–H groups in total. The van der Waals surface area contributed by atoms with Gasteiger partial charge in [0.05, 0.1) is 6.26 Å². The van der Waals surface area contributed by atoms with Crippen molar-refractivity contribution in [3.63, 3.8) is 0 Å². The third-order valence-corrected chi connectivity index (χ3v) is 4.69. The van der Waals surface area contributed by atoms with Crippen LogP contribution in [0.2, 0.25) is 0 Å². The summed E-state index contributed by atoms with van der Waals surface area (Å²) in [5.41, 5.74) is 1.08. The lowest BCUT2D eigenvalue weighted by Gasteiger charge is -2.32. The van der Waals surface area contributed by atoms with Gasteiger partial charge in [-0.3, -0.25) is 4.79 Å². The Morgan fingerprint density at radius 1 is 1.30 bits per heavy atom. The summed E-state index contributed by atoms with van der Waals surface area (Å²) >= 11 is 0. The lowest BCUT2D eigenvalue weighted by molar-refractivity contribution is -0.134. The third kappa shape index (κ3) is 5.51. The maximum absolute atomic E-state index is 12.2. The highest BCUT2D eigenvalue weighted by molar-refractivity contribution is 7.88. The van der Waals surface area contributed by atoms with Crippen molar-refractivity contribution in [3.8, 4) is 5.75 Å². The fraction of sp³-hybridized carbons (Fsp3) is 0.562. The number of ether oxygens (including phenoxy) is 1. The van der Waals surface area contributed by atoms with Crippen molar-refractivity contribution in [1.29, 1.82) is 0 Å². The van der Waals surface area contributed by atoms with Crippen molar-refractivity contribution < 1.29 is 17.9 Å². The zero-order chi connectivity index (χ0) is 16.9. The molecule has 0 atom stereocenters. The predicted molar refractivity (Wildman–Crippen MR) is 88.9 cm³/mol. The van der Waals surface area contributed by atoms with Gasteiger partial charge < -0.3 is 9.64 Å². The van der Waals surface area contributed by atoms with E-state index < -0.39 is 10.0 Å². The van der Waals surface area contributed by atoms with Gasteiger partial charge in [0, 0.05) is 19.1 Å². The monoisotopic (exact) mass is 340 g/mol. The number of carbonyl (C=O) groups excluding carboxylic acids is 1. The minimum Gasteiger partial charge on any atom is -0.483 e. The maximum atomic E-state index is 12.2. The topological polar surface area (TPSA) is 75.7 Å². The first-order valence-electron chi connectivity index (χ1n) is 7.85. The quantitative estimate of drug-likeness (QED) is 0.843. The molecule has 0 unspecified atom stereocenters. The van der Waals surface area contributed by atoms with Crippen LogP contribution in [0.25, 0.3) is 0 Å². The number of benzene rings is 1. The fourth-order valence-corrected chi connectivity index (χ4v) is 3.56. The zero-order valence-electron chi connectivity index (χ0n) is 13.6. The first-order valence-corrected chi connectivity index (χ1v) is 9.74. The first-order chi connectivity index (χ1) is 10.9. The molecule has 1 aromatic rings. The van der Waals surface area contributed by atoms with E-state index in [0.29, 0.717) is 25.9 Å². The summed E-state index contributed by atoms with van der Waals surface area (Å²) in [6.07, 6.45) is 3.27. The van der Waals surface area contributed by atoms with E-state index in [1.54, 1.807) is 4.90 Å². The number of nitrogens with zero attached hydrogens (tertiary/aromatic N) is 1. The molecule has 0 aromatic heterocycles. The molecule has 1 aliphatic rings. The van der Waals surface area contributed by atoms with Gasteiger partial charge in [0.2, 0.25) is 10.0 Å². The van der Waals surface area contributed by atoms with Crippen molar-refractivity contribution in [1.82, 2.24) is 9.62 Å². The second-order valence-corrected chi connectivity index (χ2v) is 7.58. The molecule has 1 heterocycles. The highest BCUT2D eigenvalue weighted by Crippen LogP contribution is 2.18. The van der Waals surface area contributed by atoms with Gasteiger partial charge in [-0.1, -0.05) is 25.1 Å². The molecular weight excluding hydrogens is 316 g/mol. The highest BCUT2D eigenvalue weighted by Gasteiger charge is 2.24. The van der Waals surface area contributed by atoms with Crippen molar-refractivity contribution in [2.45, 2.75) is 32.2 Å². The summed E-state index contributed by atoms with van der Waals surface area (Å²) in [4.78, 5) is 14.0. The largest absolute Gasteiger partial charge is 0.483 e. The Kier molecular flexibility index (Phi) is 6.01. The molecule has 1 amide bonds. The zero-order valence-corrected chi connectivity index (χ0v) is 14.4. The van der Waals surface area contributed by atoms with Crippen molar-refractivity contribution in [2.24, 2.45) is 0 Å². The van der Waals surface area contributed by atoms with Crippen LogP contribution in [0, 0.1) is 0 Å². The van der Waals surface area contributed by atoms with Crippen LogP contribution in [0.5, 0.6) is 5.75 Å². The van der Waals surface area contributed by atoms with Crippen LogP contribution >= 0.6 is 0 Å². The molecular formula is C16H24N2O4S. The number of nitrogens with one attached hydrogen (secondary N) is 1. The molecule has 7 heteroatoms. The van der Waals surface area contributed by atoms with E-state index in [1.807, 2.05) is 31.2 Å². The lowest BCUT2D eigenvalue weighted by Crippen LogP contribution is -2.47. The molecule has 23 heavy (non-hydrogen) atoms. The molecule has 1 aromatic carbocycles. The van der Waals surface area contributed by atoms with Gasteiger partial charge in [-0.25, -0.2) is 13.1 Å². The summed E-state index contributed by atoms with van der Waals surface area (Å²) < 4.78 is 30.7. The number of amides is 1. The number of sulfonamides is 1. The molecule has 0 bridgehead atoms. The number of likely N-dealkylation sites (tertiary alicyclic amines) is 1. The molecule has 128 valence electrons. The van der Waals surface area contributed by atoms with Crippen LogP contribution in [0.4, 0.5) is 0 Å². The molecule has 6 nitrogen and oxygen atoms in total. The Morgan fingerprint density at radius 3 is 2.57 bits per heavy atom. The van der Waals surface area contributed by atoms with Gasteiger partial charge in [0.15, 0.2) is 6.61 Å². The third-order valence-electron chi connectivity index (χ3n) is 3.93. The van der Waals surface area contributed by atoms with Gasteiger partial charge >= 0.3 is 0 Å². The summed E-state index contributed by atoms with van der Waals surface area (Å²) in [5, 5.41) is 0. The number of piperidine rings is 1. The van der Waals surface area contributed by atoms with E-state index in [-0.39, 0.29) is 18.6 Å². The van der Waals surface area contributed by atoms with Crippen LogP contribution in [0.3, 0.4) is 0 Å². The molecule has 0 spiro atoms. The lowest BCUT2D eigenvalue weighted by atomic mass is 10.1. The Morgan fingerprint density at radius 2 is 1.96 bits per heavy atom. The molecule has 0 saturated carbocycles. The smallest absolute Gasteiger partial charge is 0.260 e. The van der Waals surface area contributed by atoms with Crippen LogP contribution < -0.4 is 9.46 Å². The van der Waals surface area contributed by atoms with Crippen molar-refractivity contribution in [2.75, 3.05) is 26.0 Å². The number of aryl methyl sites for hydroxylation is 1. The number of carbonyl (C=O) groups is 1. The normalized spacial score (nSPS) is 16.3. The van der Waals surface area contributed by atoms with E-state index >= 15 is 0 Å². The SMILES string of the molecule is CCc1ccccc1OCC(=O)N1CCC(NS(C)(=O)=O)CC1. The van der Waals surface area contributed by atoms with Gasteiger partial charge in [-0.2, -0.15) is 0 Å². The van der Waals surface area contributed by atoms with Crippen LogP contribution in [-0.4, -0.2) is 51.2 Å². The second-order valence-electron chi connectivity index (χ2n) is 5.80. The van der Waals surface area contributed by atoms with E-state index in [0.717, 1.165) is 24.0 Å². The number of hydrogen-bond acceptors (Lipinski definition) is 4. The van der Waals surface area contributed by atoms with Crippen LogP contribution in [0.15, 0.2) is 24.3 Å². The molecule has 1 fully saturated rings. The highest BCUT2D eigenvalue weighted by atomic mass is 32.2. The Hall–Kier alpha value is -1.60. The van der Waals surface area contributed by atoms with Gasteiger partial charge in [-0.05, 0) is 30.9 Å². The number of rotatable bonds is 6. The number of para-hydroxylation sites is 1. The standard InChI is InChI=1S/C16H24N2O4S/c1-3-13-6-4-5-7-15(13)22-12-16(19)18-10-8-14(9-11-18)17-23(2,20)21/h4-7,14,17H,3,8-12H2,1-2H3. The molecule has 0 radical (unpaired) electrons. The van der Waals surface area contributed by atoms with Crippen LogP contribution in [-0.2, 0) is 21.2 Å². The summed E-state index contributed by atoms with van der Waals surface area (Å²) in [6.45, 7) is 3.15. The minimum atomic E-state index is -3.19. The van der Waals surface area contributed by atoms with Gasteiger partial charge in [0.1, 0.15) is 5.75 Å². The van der Waals surface area contributed by atoms with Crippen molar-refractivity contribution in [3.05, 3.63) is 29.8 Å². The van der Waals surface area contributed by atoms with E-state index in [1.165, 1.54) is 0 Å². The fourth-order valence-electron chi connectivity index (χ4n) is 2.72. The average molecular weight is 340 g/mol. The van der Waals surface area contributed by atoms with Gasteiger partial charge in [-0.15, -0.1) is 0 Å². The Bertz CT molecular complexity index is 637. The first kappa shape index (κ1) is 17.7. The average Bonchev–Trinajstić information content (AvgIpc) is 2.52. The predicted octanol–water partition coefficient (Wildman–Crippen LogP) is 1.17. The minimum absolute atomic E-state index is 0.0151. The van der Waals surface area contributed by atoms with E-state index in [9.17, 15) is 13.2 Å². The van der Waals surface area contributed by atoms with Crippen molar-refractivity contribution >= 4 is 15.9 Å². The molecule has 1 saturated heterocycles. The Balaban J connectivity index is 1.81. The second kappa shape index (κ2) is 7.79. The molecule has 1 aliphatic heterocycles. The van der Waals surface area contributed by atoms with E-state index in [2.05, 4.69) is 4.72 Å². The van der Waals surface area contributed by atoms with E-state index in [4.69, 9.17) is 4.74 Å². The summed E-state index contributed by atoms with van der Waals surface area (Å²) in [6, 6.07) is 7.61. The van der Waals surface area contributed by atoms with Crippen LogP contribution in [0.1, 0.15) is 25.3 Å². The summed E-state index contributed by atoms with van der Waals surface area (Å²) in [7, 11) is -3.19. The number of hydrogen-bond donors (Lipinski definition) is 1. The molecule has 0 aliphatic carbocycles. The summed E-state index contributed by atoms with van der Waals surface area (Å²) in [5.74, 6) is 0.686. The maximum Gasteiger partial charge on any atom is 0.260 e. The molecule has 2 rings (SSSR count). The van der Waals surface area contributed by atoms with Gasteiger partial charge in [0.25, 0.3) is 5.91 Å².